The second-order valence-corrected chi connectivity index (χ2v) is 5.15. The van der Waals surface area contributed by atoms with Crippen molar-refractivity contribution in [3.63, 3.8) is 0 Å². The van der Waals surface area contributed by atoms with Gasteiger partial charge in [0.1, 0.15) is 0 Å². The minimum Gasteiger partial charge on any atom is -0.472 e. The summed E-state index contributed by atoms with van der Waals surface area (Å²) in [5, 5.41) is 3.69. The topological polar surface area (TPSA) is 28.4 Å². The Hall–Kier alpha value is -0.800. The highest BCUT2D eigenvalue weighted by molar-refractivity contribution is 5.18. The minimum absolute atomic E-state index is 0.138. The molecule has 1 heterocycles. The molecule has 0 saturated carbocycles. The highest BCUT2D eigenvalue weighted by Crippen LogP contribution is 2.36. The molecule has 1 N–H and O–H groups in total. The number of furan rings is 1. The van der Waals surface area contributed by atoms with E-state index in [-0.39, 0.29) is 5.54 Å². The van der Waals surface area contributed by atoms with Crippen molar-refractivity contribution in [1.29, 1.82) is 0 Å². The second kappa shape index (κ2) is 6.95. The van der Waals surface area contributed by atoms with E-state index in [4.69, 9.17) is 4.42 Å². The lowest BCUT2D eigenvalue weighted by atomic mass is 9.80. The molecule has 1 rings (SSSR count). The summed E-state index contributed by atoms with van der Waals surface area (Å²) >= 11 is 0. The largest absolute Gasteiger partial charge is 0.472 e. The quantitative estimate of drug-likeness (QED) is 0.768. The van der Waals surface area contributed by atoms with Crippen molar-refractivity contribution in [3.8, 4) is 0 Å². The van der Waals surface area contributed by atoms with E-state index in [9.17, 15) is 0 Å². The Morgan fingerprint density at radius 1 is 1.28 bits per heavy atom. The summed E-state index contributed by atoms with van der Waals surface area (Å²) in [6, 6.07) is 2.40. The molecule has 0 bridgehead atoms. The van der Waals surface area contributed by atoms with Gasteiger partial charge in [0.2, 0.25) is 0 Å². The molecule has 3 heteroatoms. The predicted octanol–water partition coefficient (Wildman–Crippen LogP) is 3.44. The number of hydrogen-bond donors (Lipinski definition) is 1. The molecule has 0 aromatic carbocycles. The van der Waals surface area contributed by atoms with Crippen molar-refractivity contribution in [1.82, 2.24) is 10.2 Å². The van der Waals surface area contributed by atoms with E-state index in [2.05, 4.69) is 51.1 Å². The third-order valence-electron chi connectivity index (χ3n) is 4.13. The van der Waals surface area contributed by atoms with Gasteiger partial charge < -0.3 is 14.6 Å². The molecule has 18 heavy (non-hydrogen) atoms. The van der Waals surface area contributed by atoms with E-state index in [0.717, 1.165) is 25.8 Å². The van der Waals surface area contributed by atoms with Gasteiger partial charge in [-0.25, -0.2) is 0 Å². The molecule has 1 aromatic rings. The molecule has 0 radical (unpaired) electrons. The summed E-state index contributed by atoms with van der Waals surface area (Å²) in [6.45, 7) is 7.77. The molecule has 1 unspecified atom stereocenters. The summed E-state index contributed by atoms with van der Waals surface area (Å²) in [5.41, 5.74) is 1.39. The van der Waals surface area contributed by atoms with Crippen molar-refractivity contribution in [3.05, 3.63) is 24.2 Å². The maximum atomic E-state index is 5.28. The Morgan fingerprint density at radius 2 is 1.94 bits per heavy atom. The van der Waals surface area contributed by atoms with Gasteiger partial charge in [0.15, 0.2) is 0 Å². The highest BCUT2D eigenvalue weighted by atomic mass is 16.3. The third kappa shape index (κ3) is 2.96. The van der Waals surface area contributed by atoms with Gasteiger partial charge in [-0.3, -0.25) is 0 Å². The third-order valence-corrected chi connectivity index (χ3v) is 4.13. The SMILES string of the molecule is CCCNC(c1ccoc1)C(CC)(CC)N(C)C. The van der Waals surface area contributed by atoms with E-state index >= 15 is 0 Å². The Labute approximate surface area is 112 Å². The van der Waals surface area contributed by atoms with E-state index in [1.807, 2.05) is 6.26 Å². The fraction of sp³-hybridized carbons (Fsp3) is 0.733. The minimum atomic E-state index is 0.138. The van der Waals surface area contributed by atoms with Crippen LogP contribution in [0, 0.1) is 0 Å². The maximum Gasteiger partial charge on any atom is 0.0951 e. The van der Waals surface area contributed by atoms with Crippen LogP contribution in [0.2, 0.25) is 0 Å². The van der Waals surface area contributed by atoms with Crippen LogP contribution in [-0.4, -0.2) is 31.1 Å². The van der Waals surface area contributed by atoms with Gasteiger partial charge in [-0.05, 0) is 46.0 Å². The lowest BCUT2D eigenvalue weighted by molar-refractivity contribution is 0.0878. The second-order valence-electron chi connectivity index (χ2n) is 5.15. The number of rotatable bonds is 8. The van der Waals surface area contributed by atoms with Gasteiger partial charge in [-0.1, -0.05) is 20.8 Å². The summed E-state index contributed by atoms with van der Waals surface area (Å²) in [4.78, 5) is 2.35. The average Bonchev–Trinajstić information content (AvgIpc) is 2.88. The molecule has 0 amide bonds. The molecule has 0 fully saturated rings. The molecule has 0 spiro atoms. The fourth-order valence-electron chi connectivity index (χ4n) is 2.89. The zero-order chi connectivity index (χ0) is 13.6. The summed E-state index contributed by atoms with van der Waals surface area (Å²) in [7, 11) is 4.35. The summed E-state index contributed by atoms with van der Waals surface area (Å²) in [5.74, 6) is 0. The molecule has 3 nitrogen and oxygen atoms in total. The van der Waals surface area contributed by atoms with Crippen LogP contribution in [0.3, 0.4) is 0 Å². The average molecular weight is 252 g/mol. The van der Waals surface area contributed by atoms with Gasteiger partial charge in [0.25, 0.3) is 0 Å². The first-order valence-corrected chi connectivity index (χ1v) is 7.05. The van der Waals surface area contributed by atoms with Crippen LogP contribution in [0.5, 0.6) is 0 Å². The predicted molar refractivity (Wildman–Crippen MR) is 76.7 cm³/mol. The fourth-order valence-corrected chi connectivity index (χ4v) is 2.89. The molecular formula is C15H28N2O. The first-order valence-electron chi connectivity index (χ1n) is 7.05. The molecule has 0 saturated heterocycles. The Balaban J connectivity index is 3.06. The van der Waals surface area contributed by atoms with Crippen molar-refractivity contribution in [2.45, 2.75) is 51.6 Å². The van der Waals surface area contributed by atoms with Crippen LogP contribution in [-0.2, 0) is 0 Å². The Morgan fingerprint density at radius 3 is 2.33 bits per heavy atom. The maximum absolute atomic E-state index is 5.28. The summed E-state index contributed by atoms with van der Waals surface area (Å²) < 4.78 is 5.28. The van der Waals surface area contributed by atoms with Crippen LogP contribution >= 0.6 is 0 Å². The first kappa shape index (κ1) is 15.3. The van der Waals surface area contributed by atoms with Crippen LogP contribution in [0.15, 0.2) is 23.0 Å². The zero-order valence-electron chi connectivity index (χ0n) is 12.5. The van der Waals surface area contributed by atoms with Gasteiger partial charge in [-0.2, -0.15) is 0 Å². The number of nitrogens with zero attached hydrogens (tertiary/aromatic N) is 1. The standard InChI is InChI=1S/C15H28N2O/c1-6-10-16-14(13-9-11-18-12-13)15(7-2,8-3)17(4)5/h9,11-12,14,16H,6-8,10H2,1-5H3. The van der Waals surface area contributed by atoms with E-state index in [1.165, 1.54) is 5.56 Å². The smallest absolute Gasteiger partial charge is 0.0951 e. The van der Waals surface area contributed by atoms with Gasteiger partial charge in [0, 0.05) is 11.1 Å². The van der Waals surface area contributed by atoms with E-state index in [1.54, 1.807) is 6.26 Å². The molecular weight excluding hydrogens is 224 g/mol. The van der Waals surface area contributed by atoms with E-state index in [0.29, 0.717) is 6.04 Å². The highest BCUT2D eigenvalue weighted by Gasteiger charge is 2.38. The molecule has 0 aliphatic heterocycles. The molecule has 0 aliphatic rings. The van der Waals surface area contributed by atoms with Crippen LogP contribution < -0.4 is 5.32 Å². The van der Waals surface area contributed by atoms with Crippen molar-refractivity contribution >= 4 is 0 Å². The number of hydrogen-bond acceptors (Lipinski definition) is 3. The molecule has 0 aliphatic carbocycles. The molecule has 104 valence electrons. The monoisotopic (exact) mass is 252 g/mol. The van der Waals surface area contributed by atoms with Gasteiger partial charge in [0.05, 0.1) is 18.6 Å². The van der Waals surface area contributed by atoms with Crippen molar-refractivity contribution in [2.24, 2.45) is 0 Å². The number of nitrogens with one attached hydrogen (secondary N) is 1. The van der Waals surface area contributed by atoms with Crippen molar-refractivity contribution < 1.29 is 4.42 Å². The Bertz CT molecular complexity index is 315. The lowest BCUT2D eigenvalue weighted by Gasteiger charge is -2.45. The Kier molecular flexibility index (Phi) is 5.89. The first-order chi connectivity index (χ1) is 8.62. The van der Waals surface area contributed by atoms with Gasteiger partial charge >= 0.3 is 0 Å². The van der Waals surface area contributed by atoms with E-state index < -0.39 is 0 Å². The lowest BCUT2D eigenvalue weighted by Crippen LogP contribution is -2.53. The molecule has 1 atom stereocenters. The van der Waals surface area contributed by atoms with Crippen LogP contribution in [0.1, 0.15) is 51.6 Å². The zero-order valence-corrected chi connectivity index (χ0v) is 12.5. The van der Waals surface area contributed by atoms with Crippen LogP contribution in [0.25, 0.3) is 0 Å². The van der Waals surface area contributed by atoms with Gasteiger partial charge in [-0.15, -0.1) is 0 Å². The number of likely N-dealkylation sites (N-methyl/N-ethyl adjacent to an activating group) is 1. The summed E-state index contributed by atoms with van der Waals surface area (Å²) in [6.07, 6.45) is 7.01. The molecule has 1 aromatic heterocycles. The van der Waals surface area contributed by atoms with Crippen LogP contribution in [0.4, 0.5) is 0 Å². The van der Waals surface area contributed by atoms with Crippen molar-refractivity contribution in [2.75, 3.05) is 20.6 Å². The normalized spacial score (nSPS) is 14.1.